The second kappa shape index (κ2) is 7.33. The first-order valence-electron chi connectivity index (χ1n) is 8.49. The molecule has 2 atom stereocenters. The van der Waals surface area contributed by atoms with Crippen molar-refractivity contribution in [3.8, 4) is 0 Å². The van der Waals surface area contributed by atoms with E-state index >= 15 is 0 Å². The number of anilines is 1. The number of para-hydroxylation sites is 1. The van der Waals surface area contributed by atoms with Crippen LogP contribution in [0.3, 0.4) is 0 Å². The summed E-state index contributed by atoms with van der Waals surface area (Å²) in [5.41, 5.74) is 4.15. The Labute approximate surface area is 152 Å². The van der Waals surface area contributed by atoms with Gasteiger partial charge in [0.2, 0.25) is 0 Å². The van der Waals surface area contributed by atoms with Crippen molar-refractivity contribution >= 4 is 33.1 Å². The number of nitrogens with one attached hydrogen (secondary N) is 2. The summed E-state index contributed by atoms with van der Waals surface area (Å²) in [5, 5.41) is 4.11. The van der Waals surface area contributed by atoms with Crippen LogP contribution in [0.2, 0.25) is 0 Å². The number of fused-ring (bicyclic) bond motifs is 1. The molecule has 1 amide bonds. The van der Waals surface area contributed by atoms with Crippen molar-refractivity contribution in [1.29, 1.82) is 0 Å². The molecule has 0 aliphatic heterocycles. The van der Waals surface area contributed by atoms with Gasteiger partial charge in [-0.05, 0) is 50.1 Å². The third kappa shape index (κ3) is 4.06. The predicted octanol–water partition coefficient (Wildman–Crippen LogP) is 3.13. The maximum atomic E-state index is 12.4. The fourth-order valence-electron chi connectivity index (χ4n) is 2.76. The van der Waals surface area contributed by atoms with Gasteiger partial charge in [0.15, 0.2) is 11.6 Å². The number of amides is 1. The van der Waals surface area contributed by atoms with Gasteiger partial charge >= 0.3 is 0 Å². The average Bonchev–Trinajstić information content (AvgIpc) is 3.01. The highest BCUT2D eigenvalue weighted by molar-refractivity contribution is 7.18. The normalized spacial score (nSPS) is 13.6. The van der Waals surface area contributed by atoms with Crippen molar-refractivity contribution in [1.82, 2.24) is 4.98 Å². The lowest BCUT2D eigenvalue weighted by Crippen LogP contribution is -3.10. The molecule has 1 aromatic heterocycles. The molecule has 3 aromatic rings. The summed E-state index contributed by atoms with van der Waals surface area (Å²) < 4.78 is 1.19. The van der Waals surface area contributed by atoms with Crippen LogP contribution in [-0.2, 0) is 4.79 Å². The van der Waals surface area contributed by atoms with Crippen molar-refractivity contribution in [2.75, 3.05) is 18.9 Å². The molecule has 2 N–H and O–H groups in total. The molecule has 0 saturated carbocycles. The number of hydrogen-bond acceptors (Lipinski definition) is 3. The lowest BCUT2D eigenvalue weighted by atomic mass is 10.1. The largest absolute Gasteiger partial charge is 0.322 e. The second-order valence-electron chi connectivity index (χ2n) is 6.63. The number of quaternary nitrogens is 1. The lowest BCUT2D eigenvalue weighted by Gasteiger charge is -2.19. The highest BCUT2D eigenvalue weighted by atomic mass is 32.1. The van der Waals surface area contributed by atoms with Gasteiger partial charge in [0, 0.05) is 5.69 Å². The zero-order chi connectivity index (χ0) is 18.0. The van der Waals surface area contributed by atoms with Gasteiger partial charge in [-0.2, -0.15) is 0 Å². The monoisotopic (exact) mass is 354 g/mol. The number of aryl methyl sites for hydroxylation is 2. The molecule has 0 aliphatic rings. The second-order valence-corrected chi connectivity index (χ2v) is 7.69. The smallest absolute Gasteiger partial charge is 0.279 e. The van der Waals surface area contributed by atoms with Crippen LogP contribution in [0.5, 0.6) is 0 Å². The van der Waals surface area contributed by atoms with Gasteiger partial charge in [-0.3, -0.25) is 4.79 Å². The van der Waals surface area contributed by atoms with Crippen molar-refractivity contribution in [2.24, 2.45) is 0 Å². The van der Waals surface area contributed by atoms with E-state index in [0.717, 1.165) is 32.2 Å². The van der Waals surface area contributed by atoms with Crippen LogP contribution in [0.4, 0.5) is 5.69 Å². The van der Waals surface area contributed by atoms with Gasteiger partial charge in [0.25, 0.3) is 5.91 Å². The molecular formula is C20H24N3OS+. The predicted molar refractivity (Wildman–Crippen MR) is 104 cm³/mol. The highest BCUT2D eigenvalue weighted by Gasteiger charge is 2.22. The van der Waals surface area contributed by atoms with Crippen LogP contribution < -0.4 is 10.2 Å². The third-order valence-electron chi connectivity index (χ3n) is 4.53. The van der Waals surface area contributed by atoms with Crippen LogP contribution in [0.15, 0.2) is 42.5 Å². The molecule has 4 nitrogen and oxygen atoms in total. The molecular weight excluding hydrogens is 330 g/mol. The Kier molecular flexibility index (Phi) is 5.16. The van der Waals surface area contributed by atoms with Crippen LogP contribution in [-0.4, -0.2) is 24.5 Å². The van der Waals surface area contributed by atoms with E-state index in [0.29, 0.717) is 6.54 Å². The zero-order valence-electron chi connectivity index (χ0n) is 15.1. The van der Waals surface area contributed by atoms with Crippen molar-refractivity contribution in [3.63, 3.8) is 0 Å². The van der Waals surface area contributed by atoms with Gasteiger partial charge in [-0.1, -0.05) is 24.3 Å². The summed E-state index contributed by atoms with van der Waals surface area (Å²) in [4.78, 5) is 18.3. The number of carbonyl (C=O) groups excluding carboxylic acids is 1. The first-order chi connectivity index (χ1) is 11.9. The van der Waals surface area contributed by atoms with E-state index in [1.165, 1.54) is 4.70 Å². The van der Waals surface area contributed by atoms with Gasteiger partial charge < -0.3 is 10.2 Å². The number of hydrogen-bond donors (Lipinski definition) is 2. The van der Waals surface area contributed by atoms with Crippen molar-refractivity contribution in [3.05, 3.63) is 58.6 Å². The number of carbonyl (C=O) groups is 1. The molecule has 1 heterocycles. The Hall–Kier alpha value is -2.24. The molecule has 0 spiro atoms. The van der Waals surface area contributed by atoms with Crippen LogP contribution >= 0.6 is 11.3 Å². The van der Waals surface area contributed by atoms with Gasteiger partial charge in [0.1, 0.15) is 6.04 Å². The standard InChI is InChI=1S/C20H23N3OS/c1-13-9-10-14(2)17(11-13)21-19(24)12-23(4)15(3)20-22-16-7-5-6-8-18(16)25-20/h5-11,15H,12H2,1-4H3,(H,21,24)/p+1/t15-/m0/s1. The molecule has 2 aromatic carbocycles. The fourth-order valence-corrected chi connectivity index (χ4v) is 3.87. The van der Waals surface area contributed by atoms with E-state index in [4.69, 9.17) is 4.98 Å². The summed E-state index contributed by atoms with van der Waals surface area (Å²) in [5.74, 6) is 0.0270. The maximum absolute atomic E-state index is 12.4. The van der Waals surface area contributed by atoms with E-state index in [1.54, 1.807) is 11.3 Å². The first kappa shape index (κ1) is 17.6. The highest BCUT2D eigenvalue weighted by Crippen LogP contribution is 2.24. The molecule has 5 heteroatoms. The summed E-state index contributed by atoms with van der Waals surface area (Å²) in [7, 11) is 2.04. The molecule has 0 radical (unpaired) electrons. The average molecular weight is 354 g/mol. The molecule has 0 bridgehead atoms. The minimum atomic E-state index is 0.0270. The molecule has 0 saturated heterocycles. The minimum absolute atomic E-state index is 0.0270. The van der Waals surface area contributed by atoms with Crippen LogP contribution in [0, 0.1) is 13.8 Å². The van der Waals surface area contributed by atoms with Gasteiger partial charge in [-0.25, -0.2) is 4.98 Å². The number of aromatic nitrogens is 1. The van der Waals surface area contributed by atoms with E-state index in [1.807, 2.05) is 51.2 Å². The summed E-state index contributed by atoms with van der Waals surface area (Å²) >= 11 is 1.71. The Bertz CT molecular complexity index is 870. The van der Waals surface area contributed by atoms with Gasteiger partial charge in [0.05, 0.1) is 17.3 Å². The maximum Gasteiger partial charge on any atom is 0.279 e. The Morgan fingerprint density at radius 2 is 2.00 bits per heavy atom. The Morgan fingerprint density at radius 3 is 2.76 bits per heavy atom. The number of likely N-dealkylation sites (N-methyl/N-ethyl adjacent to an activating group) is 1. The topological polar surface area (TPSA) is 46.4 Å². The molecule has 0 fully saturated rings. The minimum Gasteiger partial charge on any atom is -0.322 e. The molecule has 0 aliphatic carbocycles. The first-order valence-corrected chi connectivity index (χ1v) is 9.30. The van der Waals surface area contributed by atoms with Gasteiger partial charge in [-0.15, -0.1) is 11.3 Å². The molecule has 1 unspecified atom stereocenters. The number of benzene rings is 2. The van der Waals surface area contributed by atoms with E-state index in [2.05, 4.69) is 24.4 Å². The number of nitrogens with zero attached hydrogens (tertiary/aromatic N) is 1. The molecule has 3 rings (SSSR count). The van der Waals surface area contributed by atoms with E-state index < -0.39 is 0 Å². The molecule has 130 valence electrons. The summed E-state index contributed by atoms with van der Waals surface area (Å²) in [6.07, 6.45) is 0. The third-order valence-corrected chi connectivity index (χ3v) is 5.75. The zero-order valence-corrected chi connectivity index (χ0v) is 15.9. The summed E-state index contributed by atoms with van der Waals surface area (Å²) in [6, 6.07) is 14.4. The number of thiazole rings is 1. The summed E-state index contributed by atoms with van der Waals surface area (Å²) in [6.45, 7) is 6.57. The Morgan fingerprint density at radius 1 is 1.24 bits per heavy atom. The van der Waals surface area contributed by atoms with E-state index in [-0.39, 0.29) is 11.9 Å². The van der Waals surface area contributed by atoms with E-state index in [9.17, 15) is 4.79 Å². The SMILES string of the molecule is Cc1ccc(C)c(NC(=O)C[NH+](C)[C@@H](C)c2nc3ccccc3s2)c1. The van der Waals surface area contributed by atoms with Crippen LogP contribution in [0.1, 0.15) is 29.1 Å². The quantitative estimate of drug-likeness (QED) is 0.739. The van der Waals surface area contributed by atoms with Crippen molar-refractivity contribution in [2.45, 2.75) is 26.8 Å². The Balaban J connectivity index is 1.67. The van der Waals surface area contributed by atoms with Crippen LogP contribution in [0.25, 0.3) is 10.2 Å². The number of rotatable bonds is 5. The lowest BCUT2D eigenvalue weighted by molar-refractivity contribution is -0.902. The van der Waals surface area contributed by atoms with Crippen molar-refractivity contribution < 1.29 is 9.69 Å². The fraction of sp³-hybridized carbons (Fsp3) is 0.300. The molecule has 25 heavy (non-hydrogen) atoms.